The summed E-state index contributed by atoms with van der Waals surface area (Å²) in [5.41, 5.74) is 0.882. The summed E-state index contributed by atoms with van der Waals surface area (Å²) < 4.78 is 0. The molecule has 1 atom stereocenters. The van der Waals surface area contributed by atoms with Crippen LogP contribution in [0, 0.1) is 0 Å². The molecule has 82 valence electrons. The largest absolute Gasteiger partial charge is 0.384 e. The molecule has 1 aromatic rings. The van der Waals surface area contributed by atoms with E-state index < -0.39 is 6.10 Å². The Balaban J connectivity index is 2.49. The van der Waals surface area contributed by atoms with E-state index in [2.05, 4.69) is 6.92 Å². The third-order valence-electron chi connectivity index (χ3n) is 2.25. The third kappa shape index (κ3) is 4.50. The summed E-state index contributed by atoms with van der Waals surface area (Å²) in [7, 11) is 0. The summed E-state index contributed by atoms with van der Waals surface area (Å²) in [6.45, 7) is 2.16. The van der Waals surface area contributed by atoms with Crippen LogP contribution in [0.25, 0.3) is 0 Å². The molecule has 0 aliphatic heterocycles. The van der Waals surface area contributed by atoms with Gasteiger partial charge in [0.2, 0.25) is 0 Å². The highest BCUT2D eigenvalue weighted by atomic mass is 35.5. The number of hydrogen-bond acceptors (Lipinski definition) is 1. The van der Waals surface area contributed by atoms with E-state index in [1.807, 2.05) is 24.3 Å². The average molecular weight is 225 g/mol. The van der Waals surface area contributed by atoms with Gasteiger partial charge in [0.15, 0.2) is 0 Å². The Kier molecular flexibility index (Phi) is 5.44. The van der Waals surface area contributed by atoms with E-state index in [0.29, 0.717) is 5.02 Å². The normalized spacial score (nSPS) is 13.3. The minimum Gasteiger partial charge on any atom is -0.384 e. The first-order chi connectivity index (χ1) is 7.24. The summed E-state index contributed by atoms with van der Waals surface area (Å²) in [4.78, 5) is 0. The molecule has 0 saturated carbocycles. The van der Waals surface area contributed by atoms with E-state index in [9.17, 15) is 5.11 Å². The molecule has 0 heterocycles. The van der Waals surface area contributed by atoms with Crippen molar-refractivity contribution in [1.82, 2.24) is 0 Å². The van der Waals surface area contributed by atoms with Crippen LogP contribution in [-0.2, 0) is 0 Å². The maximum atomic E-state index is 9.78. The second kappa shape index (κ2) is 6.65. The predicted molar refractivity (Wildman–Crippen MR) is 65.1 cm³/mol. The minimum absolute atomic E-state index is 0.515. The Labute approximate surface area is 96.4 Å². The molecule has 1 nitrogen and oxygen atoms in total. The lowest BCUT2D eigenvalue weighted by Gasteiger charge is -2.05. The lowest BCUT2D eigenvalue weighted by atomic mass is 10.1. The van der Waals surface area contributed by atoms with Crippen molar-refractivity contribution in [3.8, 4) is 0 Å². The van der Waals surface area contributed by atoms with Crippen LogP contribution >= 0.6 is 11.6 Å². The van der Waals surface area contributed by atoms with E-state index >= 15 is 0 Å². The molecule has 1 rings (SSSR count). The second-order valence-corrected chi connectivity index (χ2v) is 4.00. The Hall–Kier alpha value is -0.790. The van der Waals surface area contributed by atoms with Crippen LogP contribution in [0.4, 0.5) is 0 Å². The molecule has 0 fully saturated rings. The molecule has 1 N–H and O–H groups in total. The van der Waals surface area contributed by atoms with Crippen molar-refractivity contribution in [1.29, 1.82) is 0 Å². The molecule has 0 amide bonds. The molecule has 1 unspecified atom stereocenters. The highest BCUT2D eigenvalue weighted by Crippen LogP contribution is 2.17. The van der Waals surface area contributed by atoms with Gasteiger partial charge in [0.1, 0.15) is 0 Å². The maximum Gasteiger partial charge on any atom is 0.0971 e. The summed E-state index contributed by atoms with van der Waals surface area (Å²) in [6.07, 6.45) is 6.73. The van der Waals surface area contributed by atoms with Crippen LogP contribution < -0.4 is 0 Å². The first-order valence-corrected chi connectivity index (χ1v) is 5.72. The van der Waals surface area contributed by atoms with E-state index in [-0.39, 0.29) is 0 Å². The predicted octanol–water partition coefficient (Wildman–Crippen LogP) is 4.12. The third-order valence-corrected chi connectivity index (χ3v) is 2.51. The highest BCUT2D eigenvalue weighted by molar-refractivity contribution is 6.30. The van der Waals surface area contributed by atoms with Gasteiger partial charge < -0.3 is 5.11 Å². The molecule has 0 bridgehead atoms. The second-order valence-electron chi connectivity index (χ2n) is 3.57. The van der Waals surface area contributed by atoms with Crippen molar-refractivity contribution >= 4 is 11.6 Å². The van der Waals surface area contributed by atoms with E-state index in [1.165, 1.54) is 12.8 Å². The van der Waals surface area contributed by atoms with Gasteiger partial charge in [-0.15, -0.1) is 0 Å². The quantitative estimate of drug-likeness (QED) is 0.589. The van der Waals surface area contributed by atoms with E-state index in [1.54, 1.807) is 12.1 Å². The topological polar surface area (TPSA) is 20.2 Å². The van der Waals surface area contributed by atoms with Crippen molar-refractivity contribution in [2.24, 2.45) is 0 Å². The SMILES string of the molecule is CCCCC=CC(O)c1ccc(Cl)cc1. The van der Waals surface area contributed by atoms with Crippen LogP contribution in [0.3, 0.4) is 0 Å². The number of rotatable bonds is 5. The van der Waals surface area contributed by atoms with E-state index in [4.69, 9.17) is 11.6 Å². The fourth-order valence-corrected chi connectivity index (χ4v) is 1.44. The molecule has 2 heteroatoms. The number of unbranched alkanes of at least 4 members (excludes halogenated alkanes) is 2. The monoisotopic (exact) mass is 224 g/mol. The zero-order chi connectivity index (χ0) is 11.1. The minimum atomic E-state index is -0.515. The van der Waals surface area contributed by atoms with Crippen molar-refractivity contribution in [3.63, 3.8) is 0 Å². The molecule has 0 aliphatic rings. The summed E-state index contributed by atoms with van der Waals surface area (Å²) >= 11 is 5.76. The van der Waals surface area contributed by atoms with Gasteiger partial charge in [-0.2, -0.15) is 0 Å². The molecule has 0 aliphatic carbocycles. The molecule has 15 heavy (non-hydrogen) atoms. The Morgan fingerprint density at radius 3 is 2.60 bits per heavy atom. The van der Waals surface area contributed by atoms with Gasteiger partial charge in [-0.3, -0.25) is 0 Å². The number of aliphatic hydroxyl groups is 1. The van der Waals surface area contributed by atoms with Crippen LogP contribution in [0.2, 0.25) is 5.02 Å². The highest BCUT2D eigenvalue weighted by Gasteiger charge is 2.01. The summed E-state index contributed by atoms with van der Waals surface area (Å²) in [5.74, 6) is 0. The fraction of sp³-hybridized carbons (Fsp3) is 0.385. The Morgan fingerprint density at radius 2 is 2.00 bits per heavy atom. The van der Waals surface area contributed by atoms with Crippen LogP contribution in [0.1, 0.15) is 37.9 Å². The molecule has 0 saturated heterocycles. The Bertz CT molecular complexity index is 303. The van der Waals surface area contributed by atoms with Crippen molar-refractivity contribution in [2.75, 3.05) is 0 Å². The van der Waals surface area contributed by atoms with Crippen LogP contribution in [-0.4, -0.2) is 5.11 Å². The molecule has 1 aromatic carbocycles. The number of aliphatic hydroxyl groups excluding tert-OH is 1. The zero-order valence-electron chi connectivity index (χ0n) is 8.99. The lowest BCUT2D eigenvalue weighted by Crippen LogP contribution is -1.91. The maximum absolute atomic E-state index is 9.78. The first-order valence-electron chi connectivity index (χ1n) is 5.34. The molecular formula is C13H17ClO. The van der Waals surface area contributed by atoms with E-state index in [0.717, 1.165) is 12.0 Å². The number of halogens is 1. The van der Waals surface area contributed by atoms with Gasteiger partial charge in [0, 0.05) is 5.02 Å². The summed E-state index contributed by atoms with van der Waals surface area (Å²) in [6, 6.07) is 7.27. The Morgan fingerprint density at radius 1 is 1.33 bits per heavy atom. The molecule has 0 aromatic heterocycles. The molecule has 0 spiro atoms. The van der Waals surface area contributed by atoms with Gasteiger partial charge in [0.25, 0.3) is 0 Å². The van der Waals surface area contributed by atoms with Gasteiger partial charge in [-0.25, -0.2) is 0 Å². The van der Waals surface area contributed by atoms with Gasteiger partial charge >= 0.3 is 0 Å². The molecule has 0 radical (unpaired) electrons. The average Bonchev–Trinajstić information content (AvgIpc) is 2.25. The van der Waals surface area contributed by atoms with Crippen molar-refractivity contribution in [2.45, 2.75) is 32.3 Å². The summed E-state index contributed by atoms with van der Waals surface area (Å²) in [5, 5.41) is 10.5. The van der Waals surface area contributed by atoms with Gasteiger partial charge in [-0.05, 0) is 24.1 Å². The fourth-order valence-electron chi connectivity index (χ4n) is 1.32. The van der Waals surface area contributed by atoms with Crippen molar-refractivity contribution < 1.29 is 5.11 Å². The number of benzene rings is 1. The lowest BCUT2D eigenvalue weighted by molar-refractivity contribution is 0.228. The standard InChI is InChI=1S/C13H17ClO/c1-2-3-4-5-6-13(15)11-7-9-12(14)10-8-11/h5-10,13,15H,2-4H2,1H3. The van der Waals surface area contributed by atoms with Gasteiger partial charge in [-0.1, -0.05) is 55.7 Å². The van der Waals surface area contributed by atoms with Crippen LogP contribution in [0.15, 0.2) is 36.4 Å². The van der Waals surface area contributed by atoms with Crippen LogP contribution in [0.5, 0.6) is 0 Å². The number of allylic oxidation sites excluding steroid dienone is 1. The zero-order valence-corrected chi connectivity index (χ0v) is 9.74. The van der Waals surface area contributed by atoms with Crippen molar-refractivity contribution in [3.05, 3.63) is 47.0 Å². The smallest absolute Gasteiger partial charge is 0.0971 e. The first kappa shape index (κ1) is 12.3. The number of hydrogen-bond donors (Lipinski definition) is 1. The molecular weight excluding hydrogens is 208 g/mol. The van der Waals surface area contributed by atoms with Gasteiger partial charge in [0.05, 0.1) is 6.10 Å².